The molecule has 1 rings (SSSR count). The van der Waals surface area contributed by atoms with Crippen LogP contribution in [0, 0.1) is 5.92 Å². The second-order valence-corrected chi connectivity index (χ2v) is 4.18. The highest BCUT2D eigenvalue weighted by Crippen LogP contribution is 2.08. The van der Waals surface area contributed by atoms with E-state index in [1.54, 1.807) is 11.1 Å². The van der Waals surface area contributed by atoms with Gasteiger partial charge in [-0.1, -0.05) is 13.0 Å². The molecule has 1 heterocycles. The molecule has 0 aliphatic carbocycles. The number of carbonyl (C=O) groups excluding carboxylic acids is 1. The zero-order valence-corrected chi connectivity index (χ0v) is 10.8. The normalized spacial score (nSPS) is 12.2. The van der Waals surface area contributed by atoms with Gasteiger partial charge in [0.1, 0.15) is 0 Å². The number of hydrogen-bond acceptors (Lipinski definition) is 3. The second-order valence-electron chi connectivity index (χ2n) is 4.18. The zero-order valence-electron chi connectivity index (χ0n) is 10.8. The summed E-state index contributed by atoms with van der Waals surface area (Å²) in [5.41, 5.74) is 0.919. The number of nitrogens with zero attached hydrogens (tertiary/aromatic N) is 2. The van der Waals surface area contributed by atoms with E-state index in [1.807, 2.05) is 39.2 Å². The first-order valence-electron chi connectivity index (χ1n) is 5.98. The van der Waals surface area contributed by atoms with Crippen LogP contribution in [0.4, 0.5) is 0 Å². The lowest BCUT2D eigenvalue weighted by atomic mass is 10.1. The van der Waals surface area contributed by atoms with Crippen LogP contribution in [0.15, 0.2) is 24.4 Å². The van der Waals surface area contributed by atoms with Crippen molar-refractivity contribution in [3.05, 3.63) is 30.1 Å². The summed E-state index contributed by atoms with van der Waals surface area (Å²) in [5.74, 6) is 0.223. The Hall–Kier alpha value is -1.42. The van der Waals surface area contributed by atoms with Gasteiger partial charge < -0.3 is 10.2 Å². The van der Waals surface area contributed by atoms with Gasteiger partial charge in [0.2, 0.25) is 5.91 Å². The molecule has 0 aromatic carbocycles. The van der Waals surface area contributed by atoms with Crippen molar-refractivity contribution in [1.29, 1.82) is 0 Å². The highest BCUT2D eigenvalue weighted by molar-refractivity contribution is 5.78. The number of hydrogen-bond donors (Lipinski definition) is 1. The third kappa shape index (κ3) is 4.15. The molecule has 1 N–H and O–H groups in total. The van der Waals surface area contributed by atoms with Gasteiger partial charge in [-0.3, -0.25) is 9.78 Å². The summed E-state index contributed by atoms with van der Waals surface area (Å²) >= 11 is 0. The summed E-state index contributed by atoms with van der Waals surface area (Å²) in [6.07, 6.45) is 2.60. The van der Waals surface area contributed by atoms with E-state index in [4.69, 9.17) is 0 Å². The quantitative estimate of drug-likeness (QED) is 0.808. The Balaban J connectivity index is 2.57. The van der Waals surface area contributed by atoms with Crippen LogP contribution in [0.2, 0.25) is 0 Å². The fourth-order valence-corrected chi connectivity index (χ4v) is 1.78. The minimum absolute atomic E-state index is 0.0497. The van der Waals surface area contributed by atoms with Crippen molar-refractivity contribution in [2.45, 2.75) is 19.9 Å². The average Bonchev–Trinajstić information content (AvgIpc) is 2.36. The number of nitrogens with one attached hydrogen (secondary N) is 1. The topological polar surface area (TPSA) is 45.2 Å². The number of carbonyl (C=O) groups is 1. The molecule has 1 amide bonds. The van der Waals surface area contributed by atoms with E-state index in [9.17, 15) is 4.79 Å². The van der Waals surface area contributed by atoms with Crippen molar-refractivity contribution in [2.75, 3.05) is 20.6 Å². The molecule has 1 atom stereocenters. The van der Waals surface area contributed by atoms with Gasteiger partial charge in [-0.2, -0.15) is 0 Å². The van der Waals surface area contributed by atoms with Crippen molar-refractivity contribution in [1.82, 2.24) is 15.2 Å². The van der Waals surface area contributed by atoms with Crippen LogP contribution in [0.3, 0.4) is 0 Å². The SMILES string of the molecule is CCC(CNC)C(=O)N(C)Cc1ccccn1. The molecule has 0 spiro atoms. The predicted octanol–water partition coefficient (Wildman–Crippen LogP) is 1.29. The molecular weight excluding hydrogens is 214 g/mol. The molecule has 1 unspecified atom stereocenters. The average molecular weight is 235 g/mol. The summed E-state index contributed by atoms with van der Waals surface area (Å²) in [6.45, 7) is 3.33. The van der Waals surface area contributed by atoms with Crippen molar-refractivity contribution >= 4 is 5.91 Å². The van der Waals surface area contributed by atoms with E-state index < -0.39 is 0 Å². The van der Waals surface area contributed by atoms with Crippen LogP contribution in [-0.4, -0.2) is 36.4 Å². The second kappa shape index (κ2) is 7.01. The number of rotatable bonds is 6. The van der Waals surface area contributed by atoms with E-state index in [1.165, 1.54) is 0 Å². The number of pyridine rings is 1. The summed E-state index contributed by atoms with van der Waals surface area (Å²) in [4.78, 5) is 18.1. The van der Waals surface area contributed by atoms with Crippen molar-refractivity contribution in [2.24, 2.45) is 5.92 Å². The molecule has 0 bridgehead atoms. The summed E-state index contributed by atoms with van der Waals surface area (Å²) in [7, 11) is 3.70. The third-order valence-corrected chi connectivity index (χ3v) is 2.79. The Morgan fingerprint density at radius 1 is 1.53 bits per heavy atom. The molecule has 94 valence electrons. The van der Waals surface area contributed by atoms with E-state index >= 15 is 0 Å². The van der Waals surface area contributed by atoms with Crippen LogP contribution >= 0.6 is 0 Å². The Kier molecular flexibility index (Phi) is 5.63. The largest absolute Gasteiger partial charge is 0.340 e. The van der Waals surface area contributed by atoms with Crippen LogP contribution in [-0.2, 0) is 11.3 Å². The van der Waals surface area contributed by atoms with Crippen LogP contribution in [0.25, 0.3) is 0 Å². The minimum Gasteiger partial charge on any atom is -0.340 e. The van der Waals surface area contributed by atoms with Crippen LogP contribution < -0.4 is 5.32 Å². The Morgan fingerprint density at radius 3 is 2.82 bits per heavy atom. The molecule has 1 aromatic heterocycles. The first kappa shape index (κ1) is 13.6. The summed E-state index contributed by atoms with van der Waals surface area (Å²) in [6, 6.07) is 5.75. The summed E-state index contributed by atoms with van der Waals surface area (Å²) < 4.78 is 0. The lowest BCUT2D eigenvalue weighted by Crippen LogP contribution is -2.36. The number of aromatic nitrogens is 1. The molecule has 1 aromatic rings. The highest BCUT2D eigenvalue weighted by Gasteiger charge is 2.19. The monoisotopic (exact) mass is 235 g/mol. The van der Waals surface area contributed by atoms with E-state index in [0.717, 1.165) is 18.7 Å². The van der Waals surface area contributed by atoms with Crippen molar-refractivity contribution < 1.29 is 4.79 Å². The van der Waals surface area contributed by atoms with Gasteiger partial charge in [0.05, 0.1) is 18.2 Å². The fourth-order valence-electron chi connectivity index (χ4n) is 1.78. The first-order chi connectivity index (χ1) is 8.19. The van der Waals surface area contributed by atoms with Crippen LogP contribution in [0.1, 0.15) is 19.0 Å². The van der Waals surface area contributed by atoms with Crippen molar-refractivity contribution in [3.63, 3.8) is 0 Å². The third-order valence-electron chi connectivity index (χ3n) is 2.79. The molecule has 4 heteroatoms. The van der Waals surface area contributed by atoms with Gasteiger partial charge >= 0.3 is 0 Å². The Bertz CT molecular complexity index is 340. The Labute approximate surface area is 103 Å². The molecule has 17 heavy (non-hydrogen) atoms. The van der Waals surface area contributed by atoms with Gasteiger partial charge in [0, 0.05) is 19.8 Å². The molecular formula is C13H21N3O. The van der Waals surface area contributed by atoms with Gasteiger partial charge in [-0.05, 0) is 25.6 Å². The molecule has 0 aliphatic rings. The molecule has 0 fully saturated rings. The van der Waals surface area contributed by atoms with E-state index in [0.29, 0.717) is 6.54 Å². The van der Waals surface area contributed by atoms with Gasteiger partial charge in [0.15, 0.2) is 0 Å². The Morgan fingerprint density at radius 2 is 2.29 bits per heavy atom. The van der Waals surface area contributed by atoms with Gasteiger partial charge in [0.25, 0.3) is 0 Å². The first-order valence-corrected chi connectivity index (χ1v) is 5.98. The maximum absolute atomic E-state index is 12.1. The van der Waals surface area contributed by atoms with Crippen molar-refractivity contribution in [3.8, 4) is 0 Å². The molecule has 0 saturated carbocycles. The molecule has 0 radical (unpaired) electrons. The maximum atomic E-state index is 12.1. The van der Waals surface area contributed by atoms with Gasteiger partial charge in [-0.25, -0.2) is 0 Å². The molecule has 0 saturated heterocycles. The fraction of sp³-hybridized carbons (Fsp3) is 0.538. The zero-order chi connectivity index (χ0) is 12.7. The lowest BCUT2D eigenvalue weighted by molar-refractivity contribution is -0.134. The lowest BCUT2D eigenvalue weighted by Gasteiger charge is -2.22. The number of amides is 1. The van der Waals surface area contributed by atoms with Crippen LogP contribution in [0.5, 0.6) is 0 Å². The highest BCUT2D eigenvalue weighted by atomic mass is 16.2. The molecule has 4 nitrogen and oxygen atoms in total. The summed E-state index contributed by atoms with van der Waals surface area (Å²) in [5, 5.41) is 3.06. The minimum atomic E-state index is 0.0497. The molecule has 0 aliphatic heterocycles. The standard InChI is InChI=1S/C13H21N3O/c1-4-11(9-14-2)13(17)16(3)10-12-7-5-6-8-15-12/h5-8,11,14H,4,9-10H2,1-3H3. The van der Waals surface area contributed by atoms with E-state index in [-0.39, 0.29) is 11.8 Å². The maximum Gasteiger partial charge on any atom is 0.227 e. The smallest absolute Gasteiger partial charge is 0.227 e. The predicted molar refractivity (Wildman–Crippen MR) is 68.4 cm³/mol. The van der Waals surface area contributed by atoms with E-state index in [2.05, 4.69) is 10.3 Å². The van der Waals surface area contributed by atoms with Gasteiger partial charge in [-0.15, -0.1) is 0 Å².